The first-order chi connectivity index (χ1) is 7.65. The highest BCUT2D eigenvalue weighted by Crippen LogP contribution is 2.16. The molecule has 0 saturated carbocycles. The molecular formula is C12H15N3O. The van der Waals surface area contributed by atoms with E-state index in [2.05, 4.69) is 47.5 Å². The van der Waals surface area contributed by atoms with Gasteiger partial charge in [-0.1, -0.05) is 22.9 Å². The molecule has 1 aromatic heterocycles. The highest BCUT2D eigenvalue weighted by Gasteiger charge is 2.03. The van der Waals surface area contributed by atoms with Crippen molar-refractivity contribution in [2.24, 2.45) is 0 Å². The SMILES string of the molecule is Cc1ccc(NCc2noc(C)n2)c(C)c1. The molecule has 0 saturated heterocycles. The van der Waals surface area contributed by atoms with Crippen LogP contribution in [0, 0.1) is 20.8 Å². The largest absolute Gasteiger partial charge is 0.377 e. The van der Waals surface area contributed by atoms with Crippen molar-refractivity contribution in [1.29, 1.82) is 0 Å². The third-order valence-corrected chi connectivity index (χ3v) is 2.39. The molecule has 0 radical (unpaired) electrons. The van der Waals surface area contributed by atoms with E-state index in [0.29, 0.717) is 18.3 Å². The Morgan fingerprint density at radius 2 is 2.06 bits per heavy atom. The van der Waals surface area contributed by atoms with E-state index >= 15 is 0 Å². The van der Waals surface area contributed by atoms with Crippen LogP contribution in [0.2, 0.25) is 0 Å². The topological polar surface area (TPSA) is 51.0 Å². The number of nitrogens with one attached hydrogen (secondary N) is 1. The van der Waals surface area contributed by atoms with E-state index in [0.717, 1.165) is 5.69 Å². The number of aromatic nitrogens is 2. The second-order valence-electron chi connectivity index (χ2n) is 3.90. The maximum Gasteiger partial charge on any atom is 0.223 e. The van der Waals surface area contributed by atoms with Gasteiger partial charge in [0.05, 0.1) is 6.54 Å². The fourth-order valence-electron chi connectivity index (χ4n) is 1.60. The van der Waals surface area contributed by atoms with Crippen molar-refractivity contribution in [3.05, 3.63) is 41.0 Å². The lowest BCUT2D eigenvalue weighted by Gasteiger charge is -2.07. The molecule has 16 heavy (non-hydrogen) atoms. The number of anilines is 1. The summed E-state index contributed by atoms with van der Waals surface area (Å²) in [5.41, 5.74) is 3.59. The Balaban J connectivity index is 2.04. The van der Waals surface area contributed by atoms with Crippen molar-refractivity contribution in [3.63, 3.8) is 0 Å². The maximum atomic E-state index is 4.90. The molecule has 0 aliphatic carbocycles. The van der Waals surface area contributed by atoms with Crippen molar-refractivity contribution in [2.75, 3.05) is 5.32 Å². The summed E-state index contributed by atoms with van der Waals surface area (Å²) in [4.78, 5) is 4.13. The second kappa shape index (κ2) is 4.35. The monoisotopic (exact) mass is 217 g/mol. The van der Waals surface area contributed by atoms with E-state index in [9.17, 15) is 0 Å². The van der Waals surface area contributed by atoms with Gasteiger partial charge in [0.2, 0.25) is 5.89 Å². The van der Waals surface area contributed by atoms with Crippen LogP contribution in [0.5, 0.6) is 0 Å². The quantitative estimate of drug-likeness (QED) is 0.858. The van der Waals surface area contributed by atoms with Gasteiger partial charge in [-0.05, 0) is 25.5 Å². The first-order valence-electron chi connectivity index (χ1n) is 5.25. The summed E-state index contributed by atoms with van der Waals surface area (Å²) in [7, 11) is 0. The Hall–Kier alpha value is -1.84. The van der Waals surface area contributed by atoms with E-state index in [-0.39, 0.29) is 0 Å². The summed E-state index contributed by atoms with van der Waals surface area (Å²) < 4.78 is 4.90. The van der Waals surface area contributed by atoms with Crippen molar-refractivity contribution in [3.8, 4) is 0 Å². The molecule has 0 unspecified atom stereocenters. The van der Waals surface area contributed by atoms with Crippen LogP contribution < -0.4 is 5.32 Å². The van der Waals surface area contributed by atoms with Crippen LogP contribution in [-0.4, -0.2) is 10.1 Å². The fraction of sp³-hybridized carbons (Fsp3) is 0.333. The summed E-state index contributed by atoms with van der Waals surface area (Å²) in [6.45, 7) is 6.53. The highest BCUT2D eigenvalue weighted by molar-refractivity contribution is 5.51. The normalized spacial score (nSPS) is 10.4. The van der Waals surface area contributed by atoms with Gasteiger partial charge in [0.15, 0.2) is 5.82 Å². The second-order valence-corrected chi connectivity index (χ2v) is 3.90. The molecule has 1 heterocycles. The molecule has 2 aromatic rings. The molecule has 2 rings (SSSR count). The Labute approximate surface area is 94.7 Å². The molecule has 0 bridgehead atoms. The molecule has 0 amide bonds. The van der Waals surface area contributed by atoms with Gasteiger partial charge in [0, 0.05) is 12.6 Å². The zero-order chi connectivity index (χ0) is 11.5. The zero-order valence-electron chi connectivity index (χ0n) is 9.74. The Bertz CT molecular complexity index is 491. The van der Waals surface area contributed by atoms with Gasteiger partial charge in [0.1, 0.15) is 0 Å². The lowest BCUT2D eigenvalue weighted by molar-refractivity contribution is 0.388. The van der Waals surface area contributed by atoms with Crippen LogP contribution in [0.3, 0.4) is 0 Å². The van der Waals surface area contributed by atoms with E-state index in [1.807, 2.05) is 0 Å². The van der Waals surface area contributed by atoms with Crippen LogP contribution in [0.4, 0.5) is 5.69 Å². The zero-order valence-corrected chi connectivity index (χ0v) is 9.74. The molecule has 0 aliphatic heterocycles. The number of hydrogen-bond acceptors (Lipinski definition) is 4. The van der Waals surface area contributed by atoms with Gasteiger partial charge in [-0.15, -0.1) is 0 Å². The van der Waals surface area contributed by atoms with E-state index in [1.165, 1.54) is 11.1 Å². The molecule has 1 N–H and O–H groups in total. The summed E-state index contributed by atoms with van der Waals surface area (Å²) in [5.74, 6) is 1.27. The van der Waals surface area contributed by atoms with Crippen LogP contribution in [0.25, 0.3) is 0 Å². The lowest BCUT2D eigenvalue weighted by Crippen LogP contribution is -2.02. The number of rotatable bonds is 3. The van der Waals surface area contributed by atoms with Crippen LogP contribution >= 0.6 is 0 Å². The molecule has 0 atom stereocenters. The Morgan fingerprint density at radius 1 is 1.25 bits per heavy atom. The maximum absolute atomic E-state index is 4.90. The molecular weight excluding hydrogens is 202 g/mol. The molecule has 4 heteroatoms. The van der Waals surface area contributed by atoms with Gasteiger partial charge in [-0.3, -0.25) is 0 Å². The third kappa shape index (κ3) is 2.39. The average molecular weight is 217 g/mol. The minimum absolute atomic E-state index is 0.585. The van der Waals surface area contributed by atoms with Gasteiger partial charge < -0.3 is 9.84 Å². The number of nitrogens with zero attached hydrogens (tertiary/aromatic N) is 2. The predicted molar refractivity (Wildman–Crippen MR) is 62.3 cm³/mol. The first-order valence-corrected chi connectivity index (χ1v) is 5.25. The number of benzene rings is 1. The molecule has 4 nitrogen and oxygen atoms in total. The Morgan fingerprint density at radius 3 is 2.69 bits per heavy atom. The highest BCUT2D eigenvalue weighted by atomic mass is 16.5. The van der Waals surface area contributed by atoms with E-state index in [4.69, 9.17) is 4.52 Å². The van der Waals surface area contributed by atoms with Crippen molar-refractivity contribution < 1.29 is 4.52 Å². The average Bonchev–Trinajstić information content (AvgIpc) is 2.63. The predicted octanol–water partition coefficient (Wildman–Crippen LogP) is 2.61. The summed E-state index contributed by atoms with van der Waals surface area (Å²) in [5, 5.41) is 7.11. The number of aryl methyl sites for hydroxylation is 3. The molecule has 0 fully saturated rings. The van der Waals surface area contributed by atoms with Crippen LogP contribution in [-0.2, 0) is 6.54 Å². The number of hydrogen-bond donors (Lipinski definition) is 1. The van der Waals surface area contributed by atoms with Crippen LogP contribution in [0.15, 0.2) is 22.7 Å². The van der Waals surface area contributed by atoms with Gasteiger partial charge in [-0.2, -0.15) is 4.98 Å². The third-order valence-electron chi connectivity index (χ3n) is 2.39. The summed E-state index contributed by atoms with van der Waals surface area (Å²) >= 11 is 0. The van der Waals surface area contributed by atoms with E-state index < -0.39 is 0 Å². The smallest absolute Gasteiger partial charge is 0.223 e. The Kier molecular flexibility index (Phi) is 2.90. The summed E-state index contributed by atoms with van der Waals surface area (Å²) in [6, 6.07) is 6.29. The van der Waals surface area contributed by atoms with Crippen molar-refractivity contribution in [2.45, 2.75) is 27.3 Å². The molecule has 0 aliphatic rings. The van der Waals surface area contributed by atoms with Crippen LogP contribution in [0.1, 0.15) is 22.8 Å². The van der Waals surface area contributed by atoms with E-state index in [1.54, 1.807) is 6.92 Å². The standard InChI is InChI=1S/C12H15N3O/c1-8-4-5-11(9(2)6-8)13-7-12-14-10(3)16-15-12/h4-6,13H,7H2,1-3H3. The fourth-order valence-corrected chi connectivity index (χ4v) is 1.60. The molecule has 0 spiro atoms. The molecule has 84 valence electrons. The molecule has 1 aromatic carbocycles. The first kappa shape index (κ1) is 10.7. The van der Waals surface area contributed by atoms with Gasteiger partial charge >= 0.3 is 0 Å². The van der Waals surface area contributed by atoms with Crippen molar-refractivity contribution >= 4 is 5.69 Å². The summed E-state index contributed by atoms with van der Waals surface area (Å²) in [6.07, 6.45) is 0. The van der Waals surface area contributed by atoms with Crippen molar-refractivity contribution in [1.82, 2.24) is 10.1 Å². The lowest BCUT2D eigenvalue weighted by atomic mass is 10.1. The minimum atomic E-state index is 0.585. The minimum Gasteiger partial charge on any atom is -0.377 e. The van der Waals surface area contributed by atoms with Gasteiger partial charge in [0.25, 0.3) is 0 Å². The van der Waals surface area contributed by atoms with Gasteiger partial charge in [-0.25, -0.2) is 0 Å².